The second-order valence-electron chi connectivity index (χ2n) is 4.19. The summed E-state index contributed by atoms with van der Waals surface area (Å²) in [6, 6.07) is 14.5. The van der Waals surface area contributed by atoms with Gasteiger partial charge in [-0.1, -0.05) is 41.6 Å². The van der Waals surface area contributed by atoms with Crippen LogP contribution in [0.2, 0.25) is 0 Å². The van der Waals surface area contributed by atoms with Crippen LogP contribution in [0.5, 0.6) is 0 Å². The Kier molecular flexibility index (Phi) is 3.33. The van der Waals surface area contributed by atoms with Crippen LogP contribution in [0, 0.1) is 0 Å². The minimum atomic E-state index is -0.0539. The fourth-order valence-corrected chi connectivity index (χ4v) is 1.79. The predicted octanol–water partition coefficient (Wildman–Crippen LogP) is 2.56. The lowest BCUT2D eigenvalue weighted by molar-refractivity contribution is 0.0983. The van der Waals surface area contributed by atoms with Crippen molar-refractivity contribution in [3.8, 4) is 11.5 Å². The van der Waals surface area contributed by atoms with Gasteiger partial charge in [0, 0.05) is 11.8 Å². The van der Waals surface area contributed by atoms with E-state index in [2.05, 4.69) is 15.1 Å². The first-order valence-corrected chi connectivity index (χ1v) is 6.15. The Morgan fingerprint density at radius 2 is 1.85 bits per heavy atom. The van der Waals surface area contributed by atoms with Crippen LogP contribution in [0.1, 0.15) is 16.2 Å². The fraction of sp³-hybridized carbons (Fsp3) is 0.0667. The van der Waals surface area contributed by atoms with Crippen molar-refractivity contribution < 1.29 is 9.32 Å². The first-order chi connectivity index (χ1) is 9.83. The predicted molar refractivity (Wildman–Crippen MR) is 72.0 cm³/mol. The number of hydrogen-bond donors (Lipinski definition) is 0. The molecular weight excluding hydrogens is 254 g/mol. The molecule has 0 atom stereocenters. The minimum absolute atomic E-state index is 0.0539. The van der Waals surface area contributed by atoms with Crippen LogP contribution in [0.15, 0.2) is 59.3 Å². The highest BCUT2D eigenvalue weighted by Crippen LogP contribution is 2.13. The molecule has 3 aromatic rings. The lowest BCUT2D eigenvalue weighted by atomic mass is 10.1. The molecule has 5 nitrogen and oxygen atoms in total. The molecule has 0 fully saturated rings. The Balaban J connectivity index is 1.77. The molecule has 0 aliphatic heterocycles. The zero-order chi connectivity index (χ0) is 13.8. The average Bonchev–Trinajstić information content (AvgIpc) is 2.97. The number of carbonyl (C=O) groups is 1. The van der Waals surface area contributed by atoms with Gasteiger partial charge in [0.25, 0.3) is 0 Å². The maximum atomic E-state index is 12.0. The van der Waals surface area contributed by atoms with Gasteiger partial charge in [0.15, 0.2) is 5.78 Å². The second kappa shape index (κ2) is 5.44. The van der Waals surface area contributed by atoms with Crippen molar-refractivity contribution >= 4 is 5.78 Å². The number of aromatic nitrogens is 3. The van der Waals surface area contributed by atoms with Crippen LogP contribution in [-0.4, -0.2) is 20.9 Å². The van der Waals surface area contributed by atoms with E-state index in [-0.39, 0.29) is 12.2 Å². The van der Waals surface area contributed by atoms with Gasteiger partial charge in [-0.05, 0) is 12.1 Å². The van der Waals surface area contributed by atoms with Gasteiger partial charge < -0.3 is 4.52 Å². The van der Waals surface area contributed by atoms with Crippen LogP contribution in [0.3, 0.4) is 0 Å². The first kappa shape index (κ1) is 12.2. The van der Waals surface area contributed by atoms with Crippen molar-refractivity contribution in [2.45, 2.75) is 6.42 Å². The number of nitrogens with zero attached hydrogens (tertiary/aromatic N) is 3. The summed E-state index contributed by atoms with van der Waals surface area (Å²) in [5.41, 5.74) is 1.25. The normalized spacial score (nSPS) is 10.4. The summed E-state index contributed by atoms with van der Waals surface area (Å²) in [6.07, 6.45) is 1.74. The van der Waals surface area contributed by atoms with Crippen molar-refractivity contribution in [2.24, 2.45) is 0 Å². The van der Waals surface area contributed by atoms with Crippen LogP contribution in [0.25, 0.3) is 11.5 Å². The Hall–Kier alpha value is -2.82. The van der Waals surface area contributed by atoms with E-state index in [0.717, 1.165) is 0 Å². The van der Waals surface area contributed by atoms with Gasteiger partial charge in [0.1, 0.15) is 5.69 Å². The molecule has 0 bridgehead atoms. The third kappa shape index (κ3) is 2.61. The molecule has 98 valence electrons. The maximum Gasteiger partial charge on any atom is 0.234 e. The SMILES string of the molecule is O=C(Cc1nc(-c2ccccn2)no1)c1ccccc1. The number of benzene rings is 1. The number of hydrogen-bond acceptors (Lipinski definition) is 5. The van der Waals surface area contributed by atoms with E-state index in [1.807, 2.05) is 30.3 Å². The molecule has 2 heterocycles. The molecule has 0 saturated carbocycles. The number of carbonyl (C=O) groups excluding carboxylic acids is 1. The molecule has 0 saturated heterocycles. The number of ketones is 1. The van der Waals surface area contributed by atoms with Gasteiger partial charge >= 0.3 is 0 Å². The summed E-state index contributed by atoms with van der Waals surface area (Å²) in [6.45, 7) is 0. The fourth-order valence-electron chi connectivity index (χ4n) is 1.79. The van der Waals surface area contributed by atoms with Gasteiger partial charge in [0.05, 0.1) is 6.42 Å². The monoisotopic (exact) mass is 265 g/mol. The summed E-state index contributed by atoms with van der Waals surface area (Å²) in [5, 5.41) is 3.83. The summed E-state index contributed by atoms with van der Waals surface area (Å²) in [5.74, 6) is 0.628. The third-order valence-corrected chi connectivity index (χ3v) is 2.77. The Labute approximate surface area is 115 Å². The highest BCUT2D eigenvalue weighted by Gasteiger charge is 2.14. The number of Topliss-reactive ketones (excluding diaryl/α,β-unsaturated/α-hetero) is 1. The van der Waals surface area contributed by atoms with E-state index in [9.17, 15) is 4.79 Å². The average molecular weight is 265 g/mol. The Bertz CT molecular complexity index is 708. The maximum absolute atomic E-state index is 12.0. The van der Waals surface area contributed by atoms with Crippen LogP contribution < -0.4 is 0 Å². The van der Waals surface area contributed by atoms with Crippen molar-refractivity contribution in [3.63, 3.8) is 0 Å². The second-order valence-corrected chi connectivity index (χ2v) is 4.19. The first-order valence-electron chi connectivity index (χ1n) is 6.15. The standard InChI is InChI=1S/C15H11N3O2/c19-13(11-6-2-1-3-7-11)10-14-17-15(18-20-14)12-8-4-5-9-16-12/h1-9H,10H2. The lowest BCUT2D eigenvalue weighted by Crippen LogP contribution is -2.03. The van der Waals surface area contributed by atoms with E-state index in [1.54, 1.807) is 24.4 Å². The van der Waals surface area contributed by atoms with Crippen LogP contribution >= 0.6 is 0 Å². The summed E-state index contributed by atoms with van der Waals surface area (Å²) < 4.78 is 5.09. The zero-order valence-corrected chi connectivity index (χ0v) is 10.6. The van der Waals surface area contributed by atoms with Gasteiger partial charge in [0.2, 0.25) is 11.7 Å². The topological polar surface area (TPSA) is 68.9 Å². The molecule has 0 spiro atoms. The molecule has 3 rings (SSSR count). The van der Waals surface area contributed by atoms with Crippen LogP contribution in [0.4, 0.5) is 0 Å². The molecular formula is C15H11N3O2. The highest BCUT2D eigenvalue weighted by molar-refractivity contribution is 5.96. The molecule has 2 aromatic heterocycles. The van der Waals surface area contributed by atoms with Crippen molar-refractivity contribution in [1.82, 2.24) is 15.1 Å². The Morgan fingerprint density at radius 1 is 1.05 bits per heavy atom. The minimum Gasteiger partial charge on any atom is -0.338 e. The molecule has 5 heteroatoms. The summed E-state index contributed by atoms with van der Waals surface area (Å²) >= 11 is 0. The smallest absolute Gasteiger partial charge is 0.234 e. The molecule has 0 aliphatic carbocycles. The van der Waals surface area contributed by atoms with Crippen molar-refractivity contribution in [1.29, 1.82) is 0 Å². The number of pyridine rings is 1. The molecule has 1 aromatic carbocycles. The van der Waals surface area contributed by atoms with E-state index < -0.39 is 0 Å². The molecule has 20 heavy (non-hydrogen) atoms. The quantitative estimate of drug-likeness (QED) is 0.678. The van der Waals surface area contributed by atoms with Gasteiger partial charge in [-0.15, -0.1) is 0 Å². The van der Waals surface area contributed by atoms with E-state index >= 15 is 0 Å². The lowest BCUT2D eigenvalue weighted by Gasteiger charge is -1.96. The largest absolute Gasteiger partial charge is 0.338 e. The number of rotatable bonds is 4. The summed E-state index contributed by atoms with van der Waals surface area (Å²) in [7, 11) is 0. The van der Waals surface area contributed by atoms with E-state index in [1.165, 1.54) is 0 Å². The zero-order valence-electron chi connectivity index (χ0n) is 10.6. The third-order valence-electron chi connectivity index (χ3n) is 2.77. The van der Waals surface area contributed by atoms with Crippen molar-refractivity contribution in [3.05, 3.63) is 66.2 Å². The molecule has 0 aliphatic rings. The van der Waals surface area contributed by atoms with E-state index in [0.29, 0.717) is 23.0 Å². The molecule has 0 N–H and O–H groups in total. The van der Waals surface area contributed by atoms with Gasteiger partial charge in [-0.2, -0.15) is 4.98 Å². The molecule has 0 radical (unpaired) electrons. The molecule has 0 unspecified atom stereocenters. The summed E-state index contributed by atoms with van der Waals surface area (Å²) in [4.78, 5) is 20.3. The van der Waals surface area contributed by atoms with E-state index in [4.69, 9.17) is 4.52 Å². The van der Waals surface area contributed by atoms with Crippen molar-refractivity contribution in [2.75, 3.05) is 0 Å². The molecule has 0 amide bonds. The van der Waals surface area contributed by atoms with Gasteiger partial charge in [-0.3, -0.25) is 9.78 Å². The van der Waals surface area contributed by atoms with Crippen LogP contribution in [-0.2, 0) is 6.42 Å². The van der Waals surface area contributed by atoms with Gasteiger partial charge in [-0.25, -0.2) is 0 Å². The highest BCUT2D eigenvalue weighted by atomic mass is 16.5. The Morgan fingerprint density at radius 3 is 2.60 bits per heavy atom.